The molecular weight excluding hydrogens is 248 g/mol. The summed E-state index contributed by atoms with van der Waals surface area (Å²) in [7, 11) is 0. The summed E-state index contributed by atoms with van der Waals surface area (Å²) in [6.45, 7) is 6.83. The molecule has 0 aromatic heterocycles. The molecule has 0 spiro atoms. The molecule has 2 aliphatic heterocycles. The first kappa shape index (κ1) is 14.1. The highest BCUT2D eigenvalue weighted by Crippen LogP contribution is 2.24. The lowest BCUT2D eigenvalue weighted by atomic mass is 9.95. The highest BCUT2D eigenvalue weighted by Gasteiger charge is 2.34. The first-order valence-electron chi connectivity index (χ1n) is 6.87. The Morgan fingerprint density at radius 3 is 2.47 bits per heavy atom. The minimum atomic E-state index is -1.00. The van der Waals surface area contributed by atoms with Crippen molar-refractivity contribution in [2.75, 3.05) is 32.8 Å². The van der Waals surface area contributed by atoms with Gasteiger partial charge in [-0.2, -0.15) is 0 Å². The quantitative estimate of drug-likeness (QED) is 0.808. The van der Waals surface area contributed by atoms with E-state index < -0.39 is 12.1 Å². The van der Waals surface area contributed by atoms with Gasteiger partial charge in [-0.25, -0.2) is 9.59 Å². The second-order valence-corrected chi connectivity index (χ2v) is 5.67. The van der Waals surface area contributed by atoms with Crippen LogP contribution in [-0.4, -0.2) is 65.8 Å². The van der Waals surface area contributed by atoms with Crippen molar-refractivity contribution in [3.8, 4) is 0 Å². The van der Waals surface area contributed by atoms with Gasteiger partial charge in [-0.15, -0.1) is 0 Å². The molecule has 0 radical (unpaired) electrons. The molecule has 2 rings (SSSR count). The normalized spacial score (nSPS) is 27.9. The van der Waals surface area contributed by atoms with Gasteiger partial charge in [-0.3, -0.25) is 0 Å². The summed E-state index contributed by atoms with van der Waals surface area (Å²) in [6, 6.07) is -0.0438. The number of hydrogen-bond donors (Lipinski definition) is 1. The van der Waals surface area contributed by atoms with Gasteiger partial charge in [0.15, 0.2) is 6.10 Å². The number of carboxylic acid groups (broad SMARTS) is 1. The molecule has 108 valence electrons. The summed E-state index contributed by atoms with van der Waals surface area (Å²) >= 11 is 0. The number of aliphatic carboxylic acids is 1. The third-order valence-electron chi connectivity index (χ3n) is 4.05. The fraction of sp³-hybridized carbons (Fsp3) is 0.846. The number of rotatable bonds is 2. The number of carbonyl (C=O) groups is 2. The Labute approximate surface area is 113 Å². The zero-order valence-electron chi connectivity index (χ0n) is 11.5. The number of carbonyl (C=O) groups excluding carboxylic acids is 1. The second-order valence-electron chi connectivity index (χ2n) is 5.67. The van der Waals surface area contributed by atoms with Crippen molar-refractivity contribution in [3.63, 3.8) is 0 Å². The van der Waals surface area contributed by atoms with Crippen LogP contribution in [0.2, 0.25) is 0 Å². The monoisotopic (exact) mass is 270 g/mol. The summed E-state index contributed by atoms with van der Waals surface area (Å²) in [5, 5.41) is 8.94. The van der Waals surface area contributed by atoms with E-state index in [4.69, 9.17) is 9.84 Å². The van der Waals surface area contributed by atoms with Crippen LogP contribution in [0.3, 0.4) is 0 Å². The highest BCUT2D eigenvalue weighted by molar-refractivity contribution is 5.77. The van der Waals surface area contributed by atoms with E-state index in [0.29, 0.717) is 25.0 Å². The smallest absolute Gasteiger partial charge is 0.334 e. The lowest BCUT2D eigenvalue weighted by Crippen LogP contribution is -2.52. The molecule has 0 aliphatic carbocycles. The molecule has 1 N–H and O–H groups in total. The molecule has 0 aromatic rings. The van der Waals surface area contributed by atoms with E-state index in [9.17, 15) is 9.59 Å². The van der Waals surface area contributed by atoms with Crippen LogP contribution >= 0.6 is 0 Å². The molecule has 2 atom stereocenters. The van der Waals surface area contributed by atoms with E-state index in [1.165, 1.54) is 0 Å². The van der Waals surface area contributed by atoms with Crippen LogP contribution in [0.15, 0.2) is 0 Å². The maximum absolute atomic E-state index is 12.3. The standard InChI is InChI=1S/C13H22N2O4/c1-9(2)10-3-4-14(7-10)13(18)15-5-6-19-11(8-15)12(16)17/h9-11H,3-8H2,1-2H3,(H,16,17). The second kappa shape index (κ2) is 5.77. The Hall–Kier alpha value is -1.30. The molecule has 0 saturated carbocycles. The average Bonchev–Trinajstić information content (AvgIpc) is 2.87. The molecule has 6 heteroatoms. The number of amides is 2. The lowest BCUT2D eigenvalue weighted by Gasteiger charge is -2.33. The first-order chi connectivity index (χ1) is 8.99. The van der Waals surface area contributed by atoms with Crippen molar-refractivity contribution in [1.82, 2.24) is 9.80 Å². The summed E-state index contributed by atoms with van der Waals surface area (Å²) in [5.74, 6) is 0.133. The number of morpholine rings is 1. The Kier molecular flexibility index (Phi) is 4.29. The zero-order chi connectivity index (χ0) is 14.0. The van der Waals surface area contributed by atoms with Gasteiger partial charge in [0.25, 0.3) is 0 Å². The fourth-order valence-electron chi connectivity index (χ4n) is 2.68. The third-order valence-corrected chi connectivity index (χ3v) is 4.05. The predicted octanol–water partition coefficient (Wildman–Crippen LogP) is 0.870. The number of urea groups is 1. The van der Waals surface area contributed by atoms with Crippen molar-refractivity contribution in [3.05, 3.63) is 0 Å². The van der Waals surface area contributed by atoms with Crippen molar-refractivity contribution in [1.29, 1.82) is 0 Å². The number of nitrogens with zero attached hydrogens (tertiary/aromatic N) is 2. The number of likely N-dealkylation sites (tertiary alicyclic amines) is 1. The van der Waals surface area contributed by atoms with Gasteiger partial charge in [0.1, 0.15) is 0 Å². The Bertz CT molecular complexity index is 359. The Balaban J connectivity index is 1.91. The van der Waals surface area contributed by atoms with Gasteiger partial charge in [0.2, 0.25) is 0 Å². The summed E-state index contributed by atoms with van der Waals surface area (Å²) < 4.78 is 5.13. The third kappa shape index (κ3) is 3.18. The SMILES string of the molecule is CC(C)C1CCN(C(=O)N2CCOC(C(=O)O)C2)C1. The van der Waals surface area contributed by atoms with Crippen LogP contribution < -0.4 is 0 Å². The van der Waals surface area contributed by atoms with Crippen LogP contribution in [0, 0.1) is 11.8 Å². The van der Waals surface area contributed by atoms with Gasteiger partial charge in [0.05, 0.1) is 13.2 Å². The maximum atomic E-state index is 12.3. The van der Waals surface area contributed by atoms with Crippen LogP contribution in [0.5, 0.6) is 0 Å². The van der Waals surface area contributed by atoms with Crippen molar-refractivity contribution in [2.45, 2.75) is 26.4 Å². The van der Waals surface area contributed by atoms with E-state index in [2.05, 4.69) is 13.8 Å². The molecule has 6 nitrogen and oxygen atoms in total. The summed E-state index contributed by atoms with van der Waals surface area (Å²) in [6.07, 6.45) is 0.150. The average molecular weight is 270 g/mol. The van der Waals surface area contributed by atoms with E-state index in [1.54, 1.807) is 4.90 Å². The van der Waals surface area contributed by atoms with Crippen molar-refractivity contribution >= 4 is 12.0 Å². The number of carboxylic acids is 1. The summed E-state index contributed by atoms with van der Waals surface area (Å²) in [5.41, 5.74) is 0. The van der Waals surface area contributed by atoms with Crippen LogP contribution in [0.1, 0.15) is 20.3 Å². The molecule has 2 aliphatic rings. The van der Waals surface area contributed by atoms with E-state index in [0.717, 1.165) is 19.5 Å². The maximum Gasteiger partial charge on any atom is 0.334 e. The molecule has 19 heavy (non-hydrogen) atoms. The minimum absolute atomic E-state index is 0.0438. The fourth-order valence-corrected chi connectivity index (χ4v) is 2.68. The van der Waals surface area contributed by atoms with Crippen molar-refractivity contribution in [2.24, 2.45) is 11.8 Å². The largest absolute Gasteiger partial charge is 0.479 e. The van der Waals surface area contributed by atoms with Gasteiger partial charge < -0.3 is 19.6 Å². The molecule has 2 heterocycles. The highest BCUT2D eigenvalue weighted by atomic mass is 16.5. The van der Waals surface area contributed by atoms with E-state index >= 15 is 0 Å². The predicted molar refractivity (Wildman–Crippen MR) is 68.9 cm³/mol. The number of hydrogen-bond acceptors (Lipinski definition) is 3. The molecular formula is C13H22N2O4. The Morgan fingerprint density at radius 2 is 1.89 bits per heavy atom. The molecule has 2 fully saturated rings. The van der Waals surface area contributed by atoms with Gasteiger partial charge in [0, 0.05) is 19.6 Å². The molecule has 0 bridgehead atoms. The molecule has 2 saturated heterocycles. The summed E-state index contributed by atoms with van der Waals surface area (Å²) in [4.78, 5) is 26.7. The minimum Gasteiger partial charge on any atom is -0.479 e. The van der Waals surface area contributed by atoms with Crippen molar-refractivity contribution < 1.29 is 19.4 Å². The van der Waals surface area contributed by atoms with Gasteiger partial charge >= 0.3 is 12.0 Å². The van der Waals surface area contributed by atoms with Crippen LogP contribution in [0.4, 0.5) is 4.79 Å². The number of ether oxygens (including phenoxy) is 1. The van der Waals surface area contributed by atoms with E-state index in [-0.39, 0.29) is 12.6 Å². The topological polar surface area (TPSA) is 70.1 Å². The Morgan fingerprint density at radius 1 is 1.21 bits per heavy atom. The van der Waals surface area contributed by atoms with Crippen LogP contribution in [0.25, 0.3) is 0 Å². The first-order valence-corrected chi connectivity index (χ1v) is 6.87. The molecule has 0 aromatic carbocycles. The van der Waals surface area contributed by atoms with Gasteiger partial charge in [-0.05, 0) is 18.3 Å². The van der Waals surface area contributed by atoms with Crippen LogP contribution in [-0.2, 0) is 9.53 Å². The van der Waals surface area contributed by atoms with Gasteiger partial charge in [-0.1, -0.05) is 13.8 Å². The molecule has 2 unspecified atom stereocenters. The molecule has 2 amide bonds. The zero-order valence-corrected chi connectivity index (χ0v) is 11.5. The van der Waals surface area contributed by atoms with E-state index in [1.807, 2.05) is 4.90 Å². The lowest BCUT2D eigenvalue weighted by molar-refractivity contribution is -0.154.